The van der Waals surface area contributed by atoms with Crippen molar-refractivity contribution in [2.75, 3.05) is 0 Å². The van der Waals surface area contributed by atoms with Crippen LogP contribution >= 0.6 is 0 Å². The Hall–Kier alpha value is -2.62. The minimum atomic E-state index is -0.353. The highest BCUT2D eigenvalue weighted by atomic mass is 16.7. The van der Waals surface area contributed by atoms with Gasteiger partial charge in [-0.2, -0.15) is 0 Å². The fraction of sp³-hybridized carbons (Fsp3) is 0.310. The molecule has 0 unspecified atom stereocenters. The zero-order valence-electron chi connectivity index (χ0n) is 19.7. The SMILES string of the molecule is CC1(C)c2ccccc2-c2cc3c(ccc4ccc(B5OC(C)(C)C(C)(C)O5)cc43)cc21. The van der Waals surface area contributed by atoms with Gasteiger partial charge in [-0.3, -0.25) is 0 Å². The van der Waals surface area contributed by atoms with Gasteiger partial charge in [-0.15, -0.1) is 0 Å². The maximum absolute atomic E-state index is 6.34. The molecule has 4 aromatic rings. The summed E-state index contributed by atoms with van der Waals surface area (Å²) >= 11 is 0. The monoisotopic (exact) mass is 420 g/mol. The lowest BCUT2D eigenvalue weighted by atomic mass is 9.77. The number of hydrogen-bond donors (Lipinski definition) is 0. The van der Waals surface area contributed by atoms with Crippen LogP contribution in [0.3, 0.4) is 0 Å². The molecule has 1 aliphatic carbocycles. The Labute approximate surface area is 190 Å². The van der Waals surface area contributed by atoms with E-state index in [4.69, 9.17) is 9.31 Å². The first-order chi connectivity index (χ1) is 15.1. The molecule has 0 atom stereocenters. The quantitative estimate of drug-likeness (QED) is 0.255. The first-order valence-electron chi connectivity index (χ1n) is 11.5. The van der Waals surface area contributed by atoms with E-state index < -0.39 is 0 Å². The summed E-state index contributed by atoms with van der Waals surface area (Å²) in [6, 6.07) is 24.7. The van der Waals surface area contributed by atoms with Gasteiger partial charge >= 0.3 is 7.12 Å². The van der Waals surface area contributed by atoms with E-state index in [0.717, 1.165) is 5.46 Å². The highest BCUT2D eigenvalue weighted by Crippen LogP contribution is 2.50. The molecule has 6 rings (SSSR count). The molecular weight excluding hydrogens is 391 g/mol. The van der Waals surface area contributed by atoms with Gasteiger partial charge in [0, 0.05) is 5.41 Å². The van der Waals surface area contributed by atoms with Gasteiger partial charge in [-0.1, -0.05) is 68.4 Å². The lowest BCUT2D eigenvalue weighted by molar-refractivity contribution is 0.00578. The molecule has 2 nitrogen and oxygen atoms in total. The van der Waals surface area contributed by atoms with Gasteiger partial charge in [-0.25, -0.2) is 0 Å². The van der Waals surface area contributed by atoms with Crippen molar-refractivity contribution >= 4 is 34.1 Å². The van der Waals surface area contributed by atoms with Crippen LogP contribution in [0.15, 0.2) is 66.7 Å². The lowest BCUT2D eigenvalue weighted by Crippen LogP contribution is -2.41. The molecule has 0 bridgehead atoms. The van der Waals surface area contributed by atoms with E-state index >= 15 is 0 Å². The molecule has 0 radical (unpaired) electrons. The van der Waals surface area contributed by atoms with E-state index in [1.807, 2.05) is 0 Å². The van der Waals surface area contributed by atoms with Gasteiger partial charge in [0.2, 0.25) is 0 Å². The zero-order chi connectivity index (χ0) is 22.5. The van der Waals surface area contributed by atoms with Crippen molar-refractivity contribution in [2.24, 2.45) is 0 Å². The molecule has 0 spiro atoms. The fourth-order valence-electron chi connectivity index (χ4n) is 5.39. The third-order valence-electron chi connectivity index (χ3n) is 8.09. The molecule has 1 aliphatic heterocycles. The summed E-state index contributed by atoms with van der Waals surface area (Å²) in [5.74, 6) is 0. The predicted octanol–water partition coefficient (Wildman–Crippen LogP) is 6.60. The summed E-state index contributed by atoms with van der Waals surface area (Å²) in [4.78, 5) is 0. The van der Waals surface area contributed by atoms with Crippen LogP contribution in [0.4, 0.5) is 0 Å². The van der Waals surface area contributed by atoms with Gasteiger partial charge in [0.1, 0.15) is 0 Å². The summed E-state index contributed by atoms with van der Waals surface area (Å²) < 4.78 is 12.7. The molecule has 1 heterocycles. The highest BCUT2D eigenvalue weighted by molar-refractivity contribution is 6.62. The minimum Gasteiger partial charge on any atom is -0.399 e. The second kappa shape index (κ2) is 6.24. The fourth-order valence-corrected chi connectivity index (χ4v) is 5.39. The largest absolute Gasteiger partial charge is 0.494 e. The van der Waals surface area contributed by atoms with Crippen LogP contribution in [-0.2, 0) is 14.7 Å². The van der Waals surface area contributed by atoms with Gasteiger partial charge in [0.05, 0.1) is 11.2 Å². The third kappa shape index (κ3) is 2.61. The van der Waals surface area contributed by atoms with Crippen molar-refractivity contribution < 1.29 is 9.31 Å². The highest BCUT2D eigenvalue weighted by Gasteiger charge is 2.51. The molecule has 160 valence electrons. The maximum Gasteiger partial charge on any atom is 0.494 e. The average molecular weight is 420 g/mol. The Kier molecular flexibility index (Phi) is 3.91. The molecule has 3 heteroatoms. The molecule has 0 amide bonds. The predicted molar refractivity (Wildman–Crippen MR) is 135 cm³/mol. The number of hydrogen-bond acceptors (Lipinski definition) is 2. The molecule has 1 saturated heterocycles. The summed E-state index contributed by atoms with van der Waals surface area (Å²) in [5, 5.41) is 5.05. The topological polar surface area (TPSA) is 18.5 Å². The Morgan fingerprint density at radius 3 is 1.97 bits per heavy atom. The Bertz CT molecular complexity index is 1400. The normalized spacial score (nSPS) is 20.0. The molecule has 0 saturated carbocycles. The minimum absolute atomic E-state index is 0.0135. The summed E-state index contributed by atoms with van der Waals surface area (Å²) in [5.41, 5.74) is 5.92. The van der Waals surface area contributed by atoms with Crippen molar-refractivity contribution in [3.05, 3.63) is 77.9 Å². The van der Waals surface area contributed by atoms with Crippen LogP contribution in [-0.4, -0.2) is 18.3 Å². The number of fused-ring (bicyclic) bond motifs is 6. The van der Waals surface area contributed by atoms with E-state index in [0.29, 0.717) is 0 Å². The molecule has 0 aromatic heterocycles. The van der Waals surface area contributed by atoms with Crippen molar-refractivity contribution in [3.63, 3.8) is 0 Å². The standard InChI is InChI=1S/C29H29BO2/c1-27(2)25-10-8-7-9-21(25)24-17-23-19(15-26(24)27)12-11-18-13-14-20(16-22(18)23)30-31-28(3,4)29(5,6)32-30/h7-17H,1-6H3. The van der Waals surface area contributed by atoms with Crippen LogP contribution in [0, 0.1) is 0 Å². The Morgan fingerprint density at radius 2 is 1.22 bits per heavy atom. The second-order valence-electron chi connectivity index (χ2n) is 10.9. The third-order valence-corrected chi connectivity index (χ3v) is 8.09. The van der Waals surface area contributed by atoms with Gasteiger partial charge in [0.25, 0.3) is 0 Å². The zero-order valence-corrected chi connectivity index (χ0v) is 19.7. The van der Waals surface area contributed by atoms with E-state index in [2.05, 4.69) is 108 Å². The van der Waals surface area contributed by atoms with Crippen LogP contribution in [0.5, 0.6) is 0 Å². The summed E-state index contributed by atoms with van der Waals surface area (Å²) in [7, 11) is -0.353. The van der Waals surface area contributed by atoms with Crippen molar-refractivity contribution in [1.82, 2.24) is 0 Å². The number of benzene rings is 4. The van der Waals surface area contributed by atoms with E-state index in [1.54, 1.807) is 0 Å². The van der Waals surface area contributed by atoms with Gasteiger partial charge in [0.15, 0.2) is 0 Å². The van der Waals surface area contributed by atoms with Crippen LogP contribution in [0.1, 0.15) is 52.7 Å². The van der Waals surface area contributed by atoms with Gasteiger partial charge in [-0.05, 0) is 89.1 Å². The molecule has 4 aromatic carbocycles. The number of rotatable bonds is 1. The van der Waals surface area contributed by atoms with E-state index in [1.165, 1.54) is 43.8 Å². The molecule has 0 N–H and O–H groups in total. The van der Waals surface area contributed by atoms with Gasteiger partial charge < -0.3 is 9.31 Å². The first kappa shape index (κ1) is 20.0. The first-order valence-corrected chi connectivity index (χ1v) is 11.5. The Morgan fingerprint density at radius 1 is 0.594 bits per heavy atom. The molecule has 32 heavy (non-hydrogen) atoms. The van der Waals surface area contributed by atoms with Crippen LogP contribution in [0.2, 0.25) is 0 Å². The van der Waals surface area contributed by atoms with E-state index in [-0.39, 0.29) is 23.7 Å². The lowest BCUT2D eigenvalue weighted by Gasteiger charge is -2.32. The van der Waals surface area contributed by atoms with Crippen molar-refractivity contribution in [2.45, 2.75) is 58.2 Å². The average Bonchev–Trinajstić information content (AvgIpc) is 3.12. The molecule has 1 fully saturated rings. The smallest absolute Gasteiger partial charge is 0.399 e. The maximum atomic E-state index is 6.34. The van der Waals surface area contributed by atoms with E-state index in [9.17, 15) is 0 Å². The van der Waals surface area contributed by atoms with Crippen molar-refractivity contribution in [1.29, 1.82) is 0 Å². The molecular formula is C29H29BO2. The molecule has 2 aliphatic rings. The second-order valence-corrected chi connectivity index (χ2v) is 10.9. The van der Waals surface area contributed by atoms with Crippen LogP contribution in [0.25, 0.3) is 32.7 Å². The Balaban J connectivity index is 1.56. The summed E-state index contributed by atoms with van der Waals surface area (Å²) in [6.45, 7) is 13.1. The summed E-state index contributed by atoms with van der Waals surface area (Å²) in [6.07, 6.45) is 0. The van der Waals surface area contributed by atoms with Crippen molar-refractivity contribution in [3.8, 4) is 11.1 Å². The van der Waals surface area contributed by atoms with Crippen LogP contribution < -0.4 is 5.46 Å².